The molecule has 2 atom stereocenters. The van der Waals surface area contributed by atoms with Crippen molar-refractivity contribution in [1.29, 1.82) is 0 Å². The molecule has 2 bridgehead atoms. The van der Waals surface area contributed by atoms with E-state index in [-0.39, 0.29) is 11.6 Å². The van der Waals surface area contributed by atoms with Crippen LogP contribution in [-0.2, 0) is 0 Å². The first-order valence-corrected chi connectivity index (χ1v) is 5.64. The average molecular weight is 222 g/mol. The van der Waals surface area contributed by atoms with E-state index >= 15 is 0 Å². The number of aliphatic hydroxyl groups excluding tert-OH is 1. The summed E-state index contributed by atoms with van der Waals surface area (Å²) in [7, 11) is 0. The van der Waals surface area contributed by atoms with Crippen molar-refractivity contribution in [1.82, 2.24) is 10.3 Å². The zero-order chi connectivity index (χ0) is 11.3. The quantitative estimate of drug-likeness (QED) is 0.795. The summed E-state index contributed by atoms with van der Waals surface area (Å²) >= 11 is 0. The molecule has 16 heavy (non-hydrogen) atoms. The number of hydrogen-bond acceptors (Lipinski definition) is 3. The van der Waals surface area contributed by atoms with Gasteiger partial charge >= 0.3 is 0 Å². The minimum atomic E-state index is -0.655. The molecule has 2 aliphatic heterocycles. The van der Waals surface area contributed by atoms with Crippen molar-refractivity contribution >= 4 is 0 Å². The van der Waals surface area contributed by atoms with Crippen LogP contribution in [0.2, 0.25) is 0 Å². The van der Waals surface area contributed by atoms with E-state index in [0.29, 0.717) is 11.5 Å². The van der Waals surface area contributed by atoms with Crippen LogP contribution in [0, 0.1) is 11.7 Å². The molecule has 0 spiro atoms. The molecule has 0 unspecified atom stereocenters. The van der Waals surface area contributed by atoms with E-state index in [1.165, 1.54) is 12.3 Å². The fourth-order valence-corrected chi connectivity index (χ4v) is 3.12. The molecule has 2 N–H and O–H groups in total. The normalized spacial score (nSPS) is 38.2. The Hall–Kier alpha value is -1.00. The molecule has 1 saturated carbocycles. The Kier molecular flexibility index (Phi) is 2.06. The number of aliphatic hydroxyl groups is 1. The van der Waals surface area contributed by atoms with E-state index in [9.17, 15) is 9.50 Å². The number of hydrogen-bond donors (Lipinski definition) is 2. The summed E-state index contributed by atoms with van der Waals surface area (Å²) in [5.74, 6) is 0.122. The SMILES string of the molecule is CC12CC(C1)[C@@H]([C@@H](O)c1cncc(F)c1)N2. The van der Waals surface area contributed by atoms with Gasteiger partial charge in [0.15, 0.2) is 0 Å². The van der Waals surface area contributed by atoms with Gasteiger partial charge in [0.05, 0.1) is 12.3 Å². The van der Waals surface area contributed by atoms with Gasteiger partial charge in [-0.25, -0.2) is 4.39 Å². The van der Waals surface area contributed by atoms with E-state index in [0.717, 1.165) is 19.0 Å². The van der Waals surface area contributed by atoms with E-state index in [4.69, 9.17) is 0 Å². The zero-order valence-electron chi connectivity index (χ0n) is 9.15. The molecule has 1 aliphatic carbocycles. The molecule has 2 saturated heterocycles. The van der Waals surface area contributed by atoms with Crippen molar-refractivity contribution in [3.05, 3.63) is 29.8 Å². The molecule has 3 heterocycles. The third-order valence-electron chi connectivity index (χ3n) is 3.86. The molecule has 3 aliphatic rings. The summed E-state index contributed by atoms with van der Waals surface area (Å²) in [5, 5.41) is 13.6. The fraction of sp³-hybridized carbons (Fsp3) is 0.583. The molecule has 0 amide bonds. The minimum absolute atomic E-state index is 0.0496. The Morgan fingerprint density at radius 2 is 2.31 bits per heavy atom. The zero-order valence-corrected chi connectivity index (χ0v) is 9.15. The molecule has 1 aromatic rings. The number of nitrogens with one attached hydrogen (secondary N) is 1. The fourth-order valence-electron chi connectivity index (χ4n) is 3.12. The highest BCUT2D eigenvalue weighted by atomic mass is 19.1. The number of aromatic nitrogens is 1. The second-order valence-corrected chi connectivity index (χ2v) is 5.28. The summed E-state index contributed by atoms with van der Waals surface area (Å²) in [6.45, 7) is 2.17. The summed E-state index contributed by atoms with van der Waals surface area (Å²) in [4.78, 5) is 3.77. The lowest BCUT2D eigenvalue weighted by Gasteiger charge is -2.33. The maximum absolute atomic E-state index is 13.0. The van der Waals surface area contributed by atoms with Crippen molar-refractivity contribution in [2.45, 2.75) is 37.5 Å². The Bertz CT molecular complexity index is 417. The maximum Gasteiger partial charge on any atom is 0.141 e. The summed E-state index contributed by atoms with van der Waals surface area (Å²) in [6.07, 6.45) is 4.25. The van der Waals surface area contributed by atoms with Crippen molar-refractivity contribution in [3.8, 4) is 0 Å². The van der Waals surface area contributed by atoms with Gasteiger partial charge in [0.25, 0.3) is 0 Å². The van der Waals surface area contributed by atoms with Gasteiger partial charge < -0.3 is 10.4 Å². The number of fused-ring (bicyclic) bond motifs is 1. The number of halogens is 1. The highest BCUT2D eigenvalue weighted by Gasteiger charge is 2.54. The number of rotatable bonds is 2. The molecule has 3 nitrogen and oxygen atoms in total. The number of nitrogens with zero attached hydrogens (tertiary/aromatic N) is 1. The first-order valence-electron chi connectivity index (χ1n) is 5.64. The van der Waals surface area contributed by atoms with Crippen LogP contribution in [0.5, 0.6) is 0 Å². The smallest absolute Gasteiger partial charge is 0.141 e. The van der Waals surface area contributed by atoms with Crippen LogP contribution in [0.4, 0.5) is 4.39 Å². The Morgan fingerprint density at radius 3 is 2.88 bits per heavy atom. The third-order valence-corrected chi connectivity index (χ3v) is 3.86. The van der Waals surface area contributed by atoms with Crippen molar-refractivity contribution in [2.24, 2.45) is 5.92 Å². The van der Waals surface area contributed by atoms with Crippen LogP contribution < -0.4 is 5.32 Å². The summed E-state index contributed by atoms with van der Waals surface area (Å²) in [5.41, 5.74) is 0.755. The lowest BCUT2D eigenvalue weighted by Crippen LogP contribution is -2.40. The molecular weight excluding hydrogens is 207 g/mol. The van der Waals surface area contributed by atoms with Gasteiger partial charge in [0.1, 0.15) is 5.82 Å². The number of pyridine rings is 1. The second-order valence-electron chi connectivity index (χ2n) is 5.28. The third kappa shape index (κ3) is 1.44. The molecule has 3 fully saturated rings. The van der Waals surface area contributed by atoms with Crippen LogP contribution in [0.15, 0.2) is 18.5 Å². The van der Waals surface area contributed by atoms with E-state index in [1.807, 2.05) is 0 Å². The van der Waals surface area contributed by atoms with Crippen molar-refractivity contribution in [2.75, 3.05) is 0 Å². The van der Waals surface area contributed by atoms with Crippen molar-refractivity contribution < 1.29 is 9.50 Å². The van der Waals surface area contributed by atoms with E-state index in [1.54, 1.807) is 0 Å². The van der Waals surface area contributed by atoms with Crippen LogP contribution in [0.1, 0.15) is 31.4 Å². The van der Waals surface area contributed by atoms with Crippen molar-refractivity contribution in [3.63, 3.8) is 0 Å². The molecular formula is C12H15FN2O. The second kappa shape index (κ2) is 3.25. The van der Waals surface area contributed by atoms with Crippen LogP contribution in [-0.4, -0.2) is 21.7 Å². The van der Waals surface area contributed by atoms with E-state index < -0.39 is 11.9 Å². The lowest BCUT2D eigenvalue weighted by molar-refractivity contribution is 0.120. The van der Waals surface area contributed by atoms with Gasteiger partial charge in [-0.3, -0.25) is 4.98 Å². The lowest BCUT2D eigenvalue weighted by atomic mass is 9.72. The predicted molar refractivity (Wildman–Crippen MR) is 57.2 cm³/mol. The van der Waals surface area contributed by atoms with Gasteiger partial charge in [-0.2, -0.15) is 0 Å². The van der Waals surface area contributed by atoms with Gasteiger partial charge in [-0.05, 0) is 31.7 Å². The topological polar surface area (TPSA) is 45.2 Å². The highest BCUT2D eigenvalue weighted by Crippen LogP contribution is 2.49. The van der Waals surface area contributed by atoms with Crippen LogP contribution in [0.3, 0.4) is 0 Å². The molecule has 86 valence electrons. The molecule has 4 rings (SSSR count). The highest BCUT2D eigenvalue weighted by molar-refractivity contribution is 5.21. The predicted octanol–water partition coefficient (Wildman–Crippen LogP) is 1.39. The Balaban J connectivity index is 1.81. The summed E-state index contributed by atoms with van der Waals surface area (Å²) < 4.78 is 13.0. The first-order chi connectivity index (χ1) is 7.57. The minimum Gasteiger partial charge on any atom is -0.387 e. The molecule has 4 heteroatoms. The first kappa shape index (κ1) is 10.2. The van der Waals surface area contributed by atoms with Crippen LogP contribution in [0.25, 0.3) is 0 Å². The Labute approximate surface area is 93.7 Å². The van der Waals surface area contributed by atoms with Gasteiger partial charge in [-0.15, -0.1) is 0 Å². The average Bonchev–Trinajstić information content (AvgIpc) is 2.70. The van der Waals surface area contributed by atoms with Crippen LogP contribution >= 0.6 is 0 Å². The monoisotopic (exact) mass is 222 g/mol. The summed E-state index contributed by atoms with van der Waals surface area (Å²) in [6, 6.07) is 1.41. The van der Waals surface area contributed by atoms with Gasteiger partial charge in [0.2, 0.25) is 0 Å². The van der Waals surface area contributed by atoms with Gasteiger partial charge in [0, 0.05) is 23.3 Å². The standard InChI is InChI=1S/C12H15FN2O/c1-12-3-8(4-12)10(15-12)11(16)7-2-9(13)6-14-5-7/h2,5-6,8,10-11,15-16H,3-4H2,1H3/t8?,10-,11-,12?/m0/s1. The molecule has 0 radical (unpaired) electrons. The molecule has 0 aromatic carbocycles. The van der Waals surface area contributed by atoms with Gasteiger partial charge in [-0.1, -0.05) is 0 Å². The molecule has 1 aromatic heterocycles. The Morgan fingerprint density at radius 1 is 1.56 bits per heavy atom. The largest absolute Gasteiger partial charge is 0.387 e. The van der Waals surface area contributed by atoms with E-state index in [2.05, 4.69) is 17.2 Å². The maximum atomic E-state index is 13.0.